The molecule has 3 nitrogen and oxygen atoms in total. The summed E-state index contributed by atoms with van der Waals surface area (Å²) in [7, 11) is 0. The molecule has 0 aliphatic carbocycles. The highest BCUT2D eigenvalue weighted by atomic mass is 35.5. The molecule has 0 aliphatic rings. The highest BCUT2D eigenvalue weighted by molar-refractivity contribution is 7.99. The van der Waals surface area contributed by atoms with Crippen molar-refractivity contribution in [1.29, 1.82) is 0 Å². The highest BCUT2D eigenvalue weighted by Gasteiger charge is 2.03. The molecule has 0 spiro atoms. The number of carbonyl (C=O) groups excluding carboxylic acids is 1. The van der Waals surface area contributed by atoms with Crippen molar-refractivity contribution < 1.29 is 9.90 Å². The van der Waals surface area contributed by atoms with Crippen LogP contribution < -0.4 is 5.32 Å². The van der Waals surface area contributed by atoms with E-state index < -0.39 is 0 Å². The standard InChI is InChI=1S/C15H22ClNO2S/c1-12(11-18)3-2-9-17-15(19)8-10-20-14-6-4-13(16)5-7-14/h4-7,12,18H,2-3,8-11H2,1H3,(H,17,19). The summed E-state index contributed by atoms with van der Waals surface area (Å²) >= 11 is 7.46. The van der Waals surface area contributed by atoms with Gasteiger partial charge in [0.2, 0.25) is 5.91 Å². The van der Waals surface area contributed by atoms with Crippen LogP contribution in [0.25, 0.3) is 0 Å². The summed E-state index contributed by atoms with van der Waals surface area (Å²) in [6.07, 6.45) is 2.37. The van der Waals surface area contributed by atoms with E-state index >= 15 is 0 Å². The number of aliphatic hydroxyl groups excluding tert-OH is 1. The van der Waals surface area contributed by atoms with Gasteiger partial charge in [-0.15, -0.1) is 11.8 Å². The Bertz CT molecular complexity index is 397. The summed E-state index contributed by atoms with van der Waals surface area (Å²) in [4.78, 5) is 12.7. The number of amides is 1. The maximum absolute atomic E-state index is 11.6. The number of carbonyl (C=O) groups is 1. The molecular formula is C15H22ClNO2S. The number of thioether (sulfide) groups is 1. The Morgan fingerprint density at radius 2 is 2.10 bits per heavy atom. The number of aliphatic hydroxyl groups is 1. The van der Waals surface area contributed by atoms with Crippen LogP contribution in [0, 0.1) is 5.92 Å². The van der Waals surface area contributed by atoms with Crippen molar-refractivity contribution in [1.82, 2.24) is 5.32 Å². The van der Waals surface area contributed by atoms with E-state index in [1.807, 2.05) is 31.2 Å². The minimum Gasteiger partial charge on any atom is -0.396 e. The highest BCUT2D eigenvalue weighted by Crippen LogP contribution is 2.20. The van der Waals surface area contributed by atoms with Gasteiger partial charge in [0.25, 0.3) is 0 Å². The third-order valence-electron chi connectivity index (χ3n) is 2.92. The Morgan fingerprint density at radius 1 is 1.40 bits per heavy atom. The van der Waals surface area contributed by atoms with E-state index in [1.165, 1.54) is 0 Å². The summed E-state index contributed by atoms with van der Waals surface area (Å²) in [5, 5.41) is 12.5. The molecule has 1 unspecified atom stereocenters. The summed E-state index contributed by atoms with van der Waals surface area (Å²) in [6, 6.07) is 7.63. The van der Waals surface area contributed by atoms with Crippen LogP contribution in [0.2, 0.25) is 5.02 Å². The first kappa shape index (κ1) is 17.3. The molecule has 5 heteroatoms. The van der Waals surface area contributed by atoms with Gasteiger partial charge in [-0.25, -0.2) is 0 Å². The molecule has 0 aromatic heterocycles. The topological polar surface area (TPSA) is 49.3 Å². The first-order valence-corrected chi connectivity index (χ1v) is 8.24. The van der Waals surface area contributed by atoms with Crippen LogP contribution in [-0.2, 0) is 4.79 Å². The van der Waals surface area contributed by atoms with Crippen molar-refractivity contribution in [2.45, 2.75) is 31.1 Å². The molecule has 1 aromatic rings. The Balaban J connectivity index is 2.07. The number of nitrogens with one attached hydrogen (secondary N) is 1. The second kappa shape index (κ2) is 10.1. The third-order valence-corrected chi connectivity index (χ3v) is 4.18. The Morgan fingerprint density at radius 3 is 2.75 bits per heavy atom. The second-order valence-electron chi connectivity index (χ2n) is 4.83. The lowest BCUT2D eigenvalue weighted by atomic mass is 10.1. The van der Waals surface area contributed by atoms with Gasteiger partial charge in [0.1, 0.15) is 0 Å². The van der Waals surface area contributed by atoms with Gasteiger partial charge >= 0.3 is 0 Å². The van der Waals surface area contributed by atoms with Gasteiger partial charge in [0.15, 0.2) is 0 Å². The van der Waals surface area contributed by atoms with Gasteiger partial charge in [0, 0.05) is 35.2 Å². The van der Waals surface area contributed by atoms with Crippen molar-refractivity contribution in [3.05, 3.63) is 29.3 Å². The zero-order valence-corrected chi connectivity index (χ0v) is 13.3. The minimum absolute atomic E-state index is 0.0862. The predicted octanol–water partition coefficient (Wildman–Crippen LogP) is 3.35. The lowest BCUT2D eigenvalue weighted by molar-refractivity contribution is -0.120. The van der Waals surface area contributed by atoms with Crippen LogP contribution in [0.4, 0.5) is 0 Å². The molecule has 1 atom stereocenters. The fraction of sp³-hybridized carbons (Fsp3) is 0.533. The molecule has 0 saturated heterocycles. The first-order valence-electron chi connectivity index (χ1n) is 6.87. The van der Waals surface area contributed by atoms with E-state index in [-0.39, 0.29) is 12.5 Å². The molecule has 0 radical (unpaired) electrons. The average molecular weight is 316 g/mol. The summed E-state index contributed by atoms with van der Waals surface area (Å²) in [6.45, 7) is 2.91. The van der Waals surface area contributed by atoms with E-state index in [0.29, 0.717) is 18.9 Å². The average Bonchev–Trinajstić information content (AvgIpc) is 2.45. The zero-order chi connectivity index (χ0) is 14.8. The van der Waals surface area contributed by atoms with Crippen LogP contribution in [-0.4, -0.2) is 29.9 Å². The van der Waals surface area contributed by atoms with Crippen LogP contribution >= 0.6 is 23.4 Å². The predicted molar refractivity (Wildman–Crippen MR) is 85.3 cm³/mol. The van der Waals surface area contributed by atoms with E-state index in [9.17, 15) is 4.79 Å². The third kappa shape index (κ3) is 7.78. The van der Waals surface area contributed by atoms with Crippen molar-refractivity contribution in [3.63, 3.8) is 0 Å². The lowest BCUT2D eigenvalue weighted by Crippen LogP contribution is -2.25. The van der Waals surface area contributed by atoms with E-state index in [4.69, 9.17) is 16.7 Å². The van der Waals surface area contributed by atoms with Gasteiger partial charge in [-0.3, -0.25) is 4.79 Å². The molecule has 0 fully saturated rings. The fourth-order valence-corrected chi connectivity index (χ4v) is 2.63. The van der Waals surface area contributed by atoms with Crippen LogP contribution in [0.3, 0.4) is 0 Å². The molecule has 0 saturated carbocycles. The number of rotatable bonds is 9. The monoisotopic (exact) mass is 315 g/mol. The number of hydrogen-bond donors (Lipinski definition) is 2. The molecular weight excluding hydrogens is 294 g/mol. The Labute approximate surface area is 130 Å². The summed E-state index contributed by atoms with van der Waals surface area (Å²) in [5.41, 5.74) is 0. The van der Waals surface area contributed by atoms with Crippen LogP contribution in [0.1, 0.15) is 26.2 Å². The van der Waals surface area contributed by atoms with Gasteiger partial charge in [-0.1, -0.05) is 18.5 Å². The molecule has 2 N–H and O–H groups in total. The molecule has 0 aliphatic heterocycles. The van der Waals surface area contributed by atoms with Gasteiger partial charge in [-0.2, -0.15) is 0 Å². The van der Waals surface area contributed by atoms with Crippen LogP contribution in [0.5, 0.6) is 0 Å². The molecule has 0 bridgehead atoms. The SMILES string of the molecule is CC(CO)CCCNC(=O)CCSc1ccc(Cl)cc1. The minimum atomic E-state index is 0.0862. The van der Waals surface area contributed by atoms with Crippen molar-refractivity contribution in [2.75, 3.05) is 18.9 Å². The lowest BCUT2D eigenvalue weighted by Gasteiger charge is -2.08. The fourth-order valence-electron chi connectivity index (χ4n) is 1.65. The second-order valence-corrected chi connectivity index (χ2v) is 6.44. The zero-order valence-electron chi connectivity index (χ0n) is 11.8. The smallest absolute Gasteiger partial charge is 0.220 e. The molecule has 0 heterocycles. The molecule has 1 aromatic carbocycles. The normalized spacial score (nSPS) is 12.2. The van der Waals surface area contributed by atoms with Gasteiger partial charge in [0.05, 0.1) is 0 Å². The molecule has 112 valence electrons. The van der Waals surface area contributed by atoms with Gasteiger partial charge < -0.3 is 10.4 Å². The molecule has 1 amide bonds. The largest absolute Gasteiger partial charge is 0.396 e. The molecule has 1 rings (SSSR count). The van der Waals surface area contributed by atoms with Crippen molar-refractivity contribution in [2.24, 2.45) is 5.92 Å². The summed E-state index contributed by atoms with van der Waals surface area (Å²) < 4.78 is 0. The quantitative estimate of drug-likeness (QED) is 0.543. The number of halogens is 1. The van der Waals surface area contributed by atoms with Crippen molar-refractivity contribution >= 4 is 29.3 Å². The van der Waals surface area contributed by atoms with E-state index in [2.05, 4.69) is 5.32 Å². The van der Waals surface area contributed by atoms with E-state index in [1.54, 1.807) is 11.8 Å². The molecule has 20 heavy (non-hydrogen) atoms. The summed E-state index contributed by atoms with van der Waals surface area (Å²) in [5.74, 6) is 1.16. The van der Waals surface area contributed by atoms with Gasteiger partial charge in [-0.05, 0) is 43.0 Å². The first-order chi connectivity index (χ1) is 9.61. The Hall–Kier alpha value is -0.710. The van der Waals surface area contributed by atoms with E-state index in [0.717, 1.165) is 28.5 Å². The maximum atomic E-state index is 11.6. The van der Waals surface area contributed by atoms with Crippen molar-refractivity contribution in [3.8, 4) is 0 Å². The number of hydrogen-bond acceptors (Lipinski definition) is 3. The Kier molecular flexibility index (Phi) is 8.74. The number of benzene rings is 1. The maximum Gasteiger partial charge on any atom is 0.220 e. The van der Waals surface area contributed by atoms with Crippen LogP contribution in [0.15, 0.2) is 29.2 Å².